The quantitative estimate of drug-likeness (QED) is 0.653. The summed E-state index contributed by atoms with van der Waals surface area (Å²) in [4.78, 5) is 32.3. The summed E-state index contributed by atoms with van der Waals surface area (Å²) in [5.41, 5.74) is 3.06. The van der Waals surface area contributed by atoms with Crippen LogP contribution in [0.4, 0.5) is 4.39 Å². The molecule has 1 amide bonds. The van der Waals surface area contributed by atoms with Gasteiger partial charge in [-0.15, -0.1) is 0 Å². The van der Waals surface area contributed by atoms with Crippen molar-refractivity contribution < 1.29 is 23.8 Å². The lowest BCUT2D eigenvalue weighted by atomic mass is 9.97. The zero-order valence-corrected chi connectivity index (χ0v) is 16.7. The van der Waals surface area contributed by atoms with Crippen molar-refractivity contribution in [1.29, 1.82) is 0 Å². The Labute approximate surface area is 177 Å². The number of benzene rings is 2. The van der Waals surface area contributed by atoms with Crippen LogP contribution in [0.2, 0.25) is 0 Å². The van der Waals surface area contributed by atoms with Gasteiger partial charge in [0.1, 0.15) is 11.6 Å². The summed E-state index contributed by atoms with van der Waals surface area (Å²) in [5.74, 6) is -1.52. The first kappa shape index (κ1) is 20.4. The fourth-order valence-electron chi connectivity index (χ4n) is 3.58. The van der Waals surface area contributed by atoms with Gasteiger partial charge in [0.2, 0.25) is 5.91 Å². The molecule has 1 N–H and O–H groups in total. The molecule has 158 valence electrons. The number of methoxy groups -OCH3 is 1. The van der Waals surface area contributed by atoms with E-state index in [2.05, 4.69) is 15.1 Å². The van der Waals surface area contributed by atoms with Gasteiger partial charge in [0.05, 0.1) is 36.3 Å². The zero-order chi connectivity index (χ0) is 22.0. The Morgan fingerprint density at radius 2 is 1.90 bits per heavy atom. The molecule has 0 radical (unpaired) electrons. The number of carbonyl (C=O) groups is 2. The van der Waals surface area contributed by atoms with Gasteiger partial charge in [-0.05, 0) is 35.9 Å². The summed E-state index contributed by atoms with van der Waals surface area (Å²) in [6.45, 7) is 0. The molecule has 1 aliphatic rings. The van der Waals surface area contributed by atoms with Gasteiger partial charge in [-0.25, -0.2) is 9.40 Å². The van der Waals surface area contributed by atoms with Gasteiger partial charge in [0.25, 0.3) is 0 Å². The second kappa shape index (κ2) is 8.47. The number of carboxylic acids is 1. The Balaban J connectivity index is 1.74. The largest absolute Gasteiger partial charge is 0.496 e. The van der Waals surface area contributed by atoms with E-state index in [9.17, 15) is 14.0 Å². The minimum atomic E-state index is -1.07. The standard InChI is InChI=1S/C22H19FN4O4/c1-31-20-5-3-14(23)11-15(20)17-12-19(27(26-17)21(28)6-7-22(29)30)13-2-4-16-18(10-13)25-9-8-24-16/h2-5,8-11,19H,6-7,12H2,1H3,(H,29,30)/t19-/m1/s1. The number of halogens is 1. The number of carbonyl (C=O) groups excluding carboxylic acids is 1. The van der Waals surface area contributed by atoms with Crippen LogP contribution in [0.1, 0.15) is 36.4 Å². The van der Waals surface area contributed by atoms with Crippen molar-refractivity contribution in [3.05, 3.63) is 65.7 Å². The Kier molecular flexibility index (Phi) is 5.57. The van der Waals surface area contributed by atoms with Crippen molar-refractivity contribution in [3.8, 4) is 5.75 Å². The van der Waals surface area contributed by atoms with Crippen LogP contribution in [0.25, 0.3) is 11.0 Å². The molecule has 2 aromatic carbocycles. The van der Waals surface area contributed by atoms with E-state index in [1.165, 1.54) is 30.3 Å². The SMILES string of the molecule is COc1ccc(F)cc1C1=NN(C(=O)CCC(=O)O)[C@@H](c2ccc3nccnc3c2)C1. The van der Waals surface area contributed by atoms with Crippen molar-refractivity contribution in [1.82, 2.24) is 15.0 Å². The van der Waals surface area contributed by atoms with E-state index >= 15 is 0 Å². The molecule has 31 heavy (non-hydrogen) atoms. The van der Waals surface area contributed by atoms with Gasteiger partial charge >= 0.3 is 5.97 Å². The number of carboxylic acid groups (broad SMARTS) is 1. The smallest absolute Gasteiger partial charge is 0.303 e. The highest BCUT2D eigenvalue weighted by Gasteiger charge is 2.34. The van der Waals surface area contributed by atoms with Gasteiger partial charge in [-0.3, -0.25) is 19.6 Å². The predicted molar refractivity (Wildman–Crippen MR) is 110 cm³/mol. The van der Waals surface area contributed by atoms with Crippen LogP contribution in [0.5, 0.6) is 5.75 Å². The van der Waals surface area contributed by atoms with E-state index in [1.807, 2.05) is 12.1 Å². The lowest BCUT2D eigenvalue weighted by Crippen LogP contribution is -2.27. The Bertz CT molecular complexity index is 1200. The average Bonchev–Trinajstić information content (AvgIpc) is 3.22. The molecule has 3 aromatic rings. The summed E-state index contributed by atoms with van der Waals surface area (Å²) in [6, 6.07) is 9.07. The Morgan fingerprint density at radius 1 is 1.13 bits per heavy atom. The molecule has 0 unspecified atom stereocenters. The van der Waals surface area contributed by atoms with Crippen LogP contribution in [-0.2, 0) is 9.59 Å². The van der Waals surface area contributed by atoms with Gasteiger partial charge in [-0.1, -0.05) is 6.07 Å². The highest BCUT2D eigenvalue weighted by atomic mass is 19.1. The fraction of sp³-hybridized carbons (Fsp3) is 0.227. The molecule has 0 saturated heterocycles. The molecular weight excluding hydrogens is 403 g/mol. The van der Waals surface area contributed by atoms with Crippen LogP contribution in [0, 0.1) is 5.82 Å². The van der Waals surface area contributed by atoms with E-state index in [0.29, 0.717) is 34.5 Å². The summed E-state index contributed by atoms with van der Waals surface area (Å²) in [5, 5.41) is 14.7. The molecule has 1 aromatic heterocycles. The van der Waals surface area contributed by atoms with Crippen LogP contribution >= 0.6 is 0 Å². The monoisotopic (exact) mass is 422 g/mol. The van der Waals surface area contributed by atoms with Gasteiger partial charge in [0.15, 0.2) is 0 Å². The third kappa shape index (κ3) is 4.20. The van der Waals surface area contributed by atoms with Crippen LogP contribution in [0.3, 0.4) is 0 Å². The zero-order valence-electron chi connectivity index (χ0n) is 16.7. The van der Waals surface area contributed by atoms with E-state index < -0.39 is 23.7 Å². The second-order valence-electron chi connectivity index (χ2n) is 7.05. The van der Waals surface area contributed by atoms with Crippen molar-refractivity contribution >= 4 is 28.6 Å². The van der Waals surface area contributed by atoms with Crippen LogP contribution in [-0.4, -0.2) is 44.8 Å². The topological polar surface area (TPSA) is 105 Å². The first-order valence-corrected chi connectivity index (χ1v) is 9.62. The minimum absolute atomic E-state index is 0.198. The molecule has 9 heteroatoms. The number of hydrazone groups is 1. The van der Waals surface area contributed by atoms with Crippen molar-refractivity contribution in [3.63, 3.8) is 0 Å². The maximum absolute atomic E-state index is 13.9. The highest BCUT2D eigenvalue weighted by molar-refractivity contribution is 6.05. The summed E-state index contributed by atoms with van der Waals surface area (Å²) >= 11 is 0. The second-order valence-corrected chi connectivity index (χ2v) is 7.05. The first-order valence-electron chi connectivity index (χ1n) is 9.62. The van der Waals surface area contributed by atoms with Crippen LogP contribution in [0.15, 0.2) is 53.9 Å². The van der Waals surface area contributed by atoms with Gasteiger partial charge in [0, 0.05) is 30.8 Å². The lowest BCUT2D eigenvalue weighted by molar-refractivity contribution is -0.141. The maximum Gasteiger partial charge on any atom is 0.303 e. The number of hydrogen-bond acceptors (Lipinski definition) is 6. The number of aromatic nitrogens is 2. The number of nitrogens with zero attached hydrogens (tertiary/aromatic N) is 4. The third-order valence-electron chi connectivity index (χ3n) is 5.07. The molecule has 1 aliphatic heterocycles. The summed E-state index contributed by atoms with van der Waals surface area (Å²) in [6.07, 6.45) is 2.98. The molecule has 0 spiro atoms. The van der Waals surface area contributed by atoms with Crippen molar-refractivity contribution in [2.75, 3.05) is 7.11 Å². The third-order valence-corrected chi connectivity index (χ3v) is 5.07. The van der Waals surface area contributed by atoms with E-state index in [0.717, 1.165) is 5.56 Å². The first-order chi connectivity index (χ1) is 15.0. The highest BCUT2D eigenvalue weighted by Crippen LogP contribution is 2.36. The number of fused-ring (bicyclic) bond motifs is 1. The fourth-order valence-corrected chi connectivity index (χ4v) is 3.58. The molecule has 0 bridgehead atoms. The molecule has 8 nitrogen and oxygen atoms in total. The minimum Gasteiger partial charge on any atom is -0.496 e. The molecule has 0 fully saturated rings. The molecule has 4 rings (SSSR count). The normalized spacial score (nSPS) is 15.7. The lowest BCUT2D eigenvalue weighted by Gasteiger charge is -2.22. The molecular formula is C22H19FN4O4. The Hall–Kier alpha value is -3.88. The van der Waals surface area contributed by atoms with Crippen LogP contribution < -0.4 is 4.74 Å². The molecule has 2 heterocycles. The molecule has 1 atom stereocenters. The number of rotatable bonds is 6. The summed E-state index contributed by atoms with van der Waals surface area (Å²) in [7, 11) is 1.47. The predicted octanol–water partition coefficient (Wildman–Crippen LogP) is 3.32. The van der Waals surface area contributed by atoms with E-state index in [1.54, 1.807) is 18.5 Å². The number of amides is 1. The maximum atomic E-state index is 13.9. The van der Waals surface area contributed by atoms with Crippen molar-refractivity contribution in [2.24, 2.45) is 5.10 Å². The van der Waals surface area contributed by atoms with Gasteiger partial charge < -0.3 is 9.84 Å². The molecule has 0 aliphatic carbocycles. The van der Waals surface area contributed by atoms with E-state index in [-0.39, 0.29) is 12.8 Å². The number of aliphatic carboxylic acids is 1. The average molecular weight is 422 g/mol. The van der Waals surface area contributed by atoms with Gasteiger partial charge in [-0.2, -0.15) is 5.10 Å². The van der Waals surface area contributed by atoms with Crippen molar-refractivity contribution in [2.45, 2.75) is 25.3 Å². The number of ether oxygens (including phenoxy) is 1. The van der Waals surface area contributed by atoms with E-state index in [4.69, 9.17) is 9.84 Å². The summed E-state index contributed by atoms with van der Waals surface area (Å²) < 4.78 is 19.3. The Morgan fingerprint density at radius 3 is 2.65 bits per heavy atom. The number of hydrogen-bond donors (Lipinski definition) is 1. The molecule has 0 saturated carbocycles.